The Bertz CT molecular complexity index is 982. The van der Waals surface area contributed by atoms with Gasteiger partial charge in [-0.25, -0.2) is 4.68 Å². The smallest absolute Gasteiger partial charge is 0.227 e. The van der Waals surface area contributed by atoms with Crippen molar-refractivity contribution in [3.8, 4) is 0 Å². The highest BCUT2D eigenvalue weighted by molar-refractivity contribution is 5.83. The second kappa shape index (κ2) is 8.69. The fourth-order valence-electron chi connectivity index (χ4n) is 3.18. The van der Waals surface area contributed by atoms with Crippen molar-refractivity contribution in [1.82, 2.24) is 29.9 Å². The monoisotopic (exact) mass is 398 g/mol. The van der Waals surface area contributed by atoms with Gasteiger partial charge >= 0.3 is 0 Å². The number of rotatable bonds is 8. The molecular formula is C20H30N8O. The number of nitrogens with one attached hydrogen (secondary N) is 2. The summed E-state index contributed by atoms with van der Waals surface area (Å²) in [5.41, 5.74) is 4.51. The van der Waals surface area contributed by atoms with Gasteiger partial charge in [0.15, 0.2) is 17.0 Å². The molecule has 3 N–H and O–H groups in total. The number of pyridine rings is 1. The van der Waals surface area contributed by atoms with E-state index in [1.54, 1.807) is 11.6 Å². The van der Waals surface area contributed by atoms with E-state index in [1.807, 2.05) is 33.9 Å². The highest BCUT2D eigenvalue weighted by atomic mass is 16.3. The highest BCUT2D eigenvalue weighted by Crippen LogP contribution is 2.23. The Balaban J connectivity index is 1.97. The van der Waals surface area contributed by atoms with Crippen molar-refractivity contribution in [3.05, 3.63) is 29.1 Å². The predicted molar refractivity (Wildman–Crippen MR) is 114 cm³/mol. The first-order valence-corrected chi connectivity index (χ1v) is 10.0. The number of hydrogen-bond donors (Lipinski definition) is 3. The third-order valence-corrected chi connectivity index (χ3v) is 4.95. The van der Waals surface area contributed by atoms with Gasteiger partial charge in [-0.15, -0.1) is 5.10 Å². The second-order valence-corrected chi connectivity index (χ2v) is 7.70. The SMILES string of the molecule is CC[C@H](Nc1nc(NCc2cnc(C)cc2C)c2nnn(C(C)C)c2n1)[C@@H](C)O. The molecule has 0 aromatic carbocycles. The lowest BCUT2D eigenvalue weighted by Gasteiger charge is -2.20. The number of anilines is 2. The molecule has 0 radical (unpaired) electrons. The maximum absolute atomic E-state index is 9.99. The minimum atomic E-state index is -0.523. The van der Waals surface area contributed by atoms with Crippen LogP contribution in [0.2, 0.25) is 0 Å². The summed E-state index contributed by atoms with van der Waals surface area (Å²) in [6.45, 7) is 12.4. The van der Waals surface area contributed by atoms with Crippen LogP contribution in [0.5, 0.6) is 0 Å². The number of aliphatic hydroxyl groups is 1. The largest absolute Gasteiger partial charge is 0.391 e. The van der Waals surface area contributed by atoms with E-state index in [9.17, 15) is 5.11 Å². The van der Waals surface area contributed by atoms with Gasteiger partial charge in [0, 0.05) is 18.4 Å². The Labute approximate surface area is 171 Å². The standard InChI is InChI=1S/C20H30N8O/c1-7-16(14(6)29)23-20-24-18(17-19(25-20)28(11(2)3)27-26-17)22-10-15-9-21-13(5)8-12(15)4/h8-9,11,14,16,29H,7,10H2,1-6H3,(H2,22,23,24,25)/t14-,16+/m1/s1. The summed E-state index contributed by atoms with van der Waals surface area (Å²) in [7, 11) is 0. The van der Waals surface area contributed by atoms with Crippen molar-refractivity contribution in [2.24, 2.45) is 0 Å². The molecule has 9 nitrogen and oxygen atoms in total. The van der Waals surface area contributed by atoms with Gasteiger partial charge < -0.3 is 15.7 Å². The van der Waals surface area contributed by atoms with E-state index < -0.39 is 6.10 Å². The summed E-state index contributed by atoms with van der Waals surface area (Å²) in [5.74, 6) is 1.04. The lowest BCUT2D eigenvalue weighted by molar-refractivity contribution is 0.169. The number of fused-ring (bicyclic) bond motifs is 1. The van der Waals surface area contributed by atoms with Crippen molar-refractivity contribution >= 4 is 22.9 Å². The number of aryl methyl sites for hydroxylation is 2. The van der Waals surface area contributed by atoms with Crippen LogP contribution in [0.25, 0.3) is 11.2 Å². The highest BCUT2D eigenvalue weighted by Gasteiger charge is 2.19. The van der Waals surface area contributed by atoms with E-state index in [4.69, 9.17) is 0 Å². The topological polar surface area (TPSA) is 114 Å². The van der Waals surface area contributed by atoms with E-state index in [1.165, 1.54) is 5.56 Å². The van der Waals surface area contributed by atoms with Gasteiger partial charge in [0.2, 0.25) is 5.95 Å². The minimum Gasteiger partial charge on any atom is -0.391 e. The molecule has 9 heteroatoms. The first-order valence-electron chi connectivity index (χ1n) is 10.0. The first kappa shape index (κ1) is 20.9. The summed E-state index contributed by atoms with van der Waals surface area (Å²) in [4.78, 5) is 13.6. The van der Waals surface area contributed by atoms with E-state index in [0.717, 1.165) is 17.7 Å². The zero-order valence-electron chi connectivity index (χ0n) is 17.9. The van der Waals surface area contributed by atoms with Crippen molar-refractivity contribution in [2.75, 3.05) is 10.6 Å². The van der Waals surface area contributed by atoms with Crippen LogP contribution < -0.4 is 10.6 Å². The normalized spacial score (nSPS) is 13.7. The van der Waals surface area contributed by atoms with Crippen LogP contribution in [-0.4, -0.2) is 47.2 Å². The fraction of sp³-hybridized carbons (Fsp3) is 0.550. The maximum Gasteiger partial charge on any atom is 0.227 e. The molecule has 0 aliphatic heterocycles. The number of aromatic nitrogens is 6. The van der Waals surface area contributed by atoms with Crippen LogP contribution in [0.3, 0.4) is 0 Å². The molecule has 29 heavy (non-hydrogen) atoms. The second-order valence-electron chi connectivity index (χ2n) is 7.70. The van der Waals surface area contributed by atoms with Gasteiger partial charge in [-0.2, -0.15) is 9.97 Å². The molecule has 0 saturated carbocycles. The summed E-state index contributed by atoms with van der Waals surface area (Å²) in [5, 5.41) is 25.1. The van der Waals surface area contributed by atoms with Gasteiger partial charge in [-0.3, -0.25) is 4.98 Å². The number of nitrogens with zero attached hydrogens (tertiary/aromatic N) is 6. The zero-order valence-corrected chi connectivity index (χ0v) is 17.9. The molecule has 3 aromatic rings. The van der Waals surface area contributed by atoms with Crippen molar-refractivity contribution in [1.29, 1.82) is 0 Å². The molecule has 156 valence electrons. The molecular weight excluding hydrogens is 368 g/mol. The minimum absolute atomic E-state index is 0.109. The molecule has 3 rings (SSSR count). The van der Waals surface area contributed by atoms with Crippen LogP contribution >= 0.6 is 0 Å². The maximum atomic E-state index is 9.99. The quantitative estimate of drug-likeness (QED) is 0.531. The van der Waals surface area contributed by atoms with Crippen LogP contribution in [-0.2, 0) is 6.54 Å². The summed E-state index contributed by atoms with van der Waals surface area (Å²) in [6.07, 6.45) is 2.10. The van der Waals surface area contributed by atoms with Crippen molar-refractivity contribution in [2.45, 2.75) is 72.7 Å². The lowest BCUT2D eigenvalue weighted by atomic mass is 10.1. The lowest BCUT2D eigenvalue weighted by Crippen LogP contribution is -2.31. The van der Waals surface area contributed by atoms with Crippen LogP contribution in [0.4, 0.5) is 11.8 Å². The van der Waals surface area contributed by atoms with Crippen LogP contribution in [0.15, 0.2) is 12.3 Å². The van der Waals surface area contributed by atoms with E-state index in [-0.39, 0.29) is 12.1 Å². The van der Waals surface area contributed by atoms with Crippen molar-refractivity contribution < 1.29 is 5.11 Å². The average Bonchev–Trinajstić information content (AvgIpc) is 3.09. The van der Waals surface area contributed by atoms with E-state index in [0.29, 0.717) is 29.5 Å². The van der Waals surface area contributed by atoms with Gasteiger partial charge in [0.1, 0.15) is 0 Å². The summed E-state index contributed by atoms with van der Waals surface area (Å²) in [6, 6.07) is 2.02. The Morgan fingerprint density at radius 2 is 1.93 bits per heavy atom. The molecule has 3 aromatic heterocycles. The van der Waals surface area contributed by atoms with Crippen LogP contribution in [0.1, 0.15) is 57.0 Å². The van der Waals surface area contributed by atoms with E-state index in [2.05, 4.69) is 48.9 Å². The van der Waals surface area contributed by atoms with Gasteiger partial charge in [0.25, 0.3) is 0 Å². The zero-order chi connectivity index (χ0) is 21.1. The summed E-state index contributed by atoms with van der Waals surface area (Å²) >= 11 is 0. The molecule has 0 spiro atoms. The Hall–Kier alpha value is -2.81. The molecule has 0 saturated heterocycles. The summed E-state index contributed by atoms with van der Waals surface area (Å²) < 4.78 is 1.77. The fourth-order valence-corrected chi connectivity index (χ4v) is 3.18. The molecule has 0 fully saturated rings. The van der Waals surface area contributed by atoms with Gasteiger partial charge in [-0.05, 0) is 58.2 Å². The molecule has 3 heterocycles. The van der Waals surface area contributed by atoms with Gasteiger partial charge in [-0.1, -0.05) is 12.1 Å². The van der Waals surface area contributed by atoms with Crippen molar-refractivity contribution in [3.63, 3.8) is 0 Å². The molecule has 0 aliphatic carbocycles. The molecule has 0 amide bonds. The van der Waals surface area contributed by atoms with Crippen LogP contribution in [0, 0.1) is 13.8 Å². The number of hydrogen-bond acceptors (Lipinski definition) is 8. The Morgan fingerprint density at radius 3 is 2.55 bits per heavy atom. The molecule has 0 aliphatic rings. The van der Waals surface area contributed by atoms with E-state index >= 15 is 0 Å². The third kappa shape index (κ3) is 4.61. The molecule has 0 unspecified atom stereocenters. The Morgan fingerprint density at radius 1 is 1.17 bits per heavy atom. The number of aliphatic hydroxyl groups excluding tert-OH is 1. The molecule has 0 bridgehead atoms. The Kier molecular flexibility index (Phi) is 6.26. The molecule has 2 atom stereocenters. The average molecular weight is 399 g/mol. The predicted octanol–water partition coefficient (Wildman–Crippen LogP) is 3.00. The third-order valence-electron chi connectivity index (χ3n) is 4.95. The van der Waals surface area contributed by atoms with Gasteiger partial charge in [0.05, 0.1) is 18.2 Å². The first-order chi connectivity index (χ1) is 13.8.